The van der Waals surface area contributed by atoms with Crippen LogP contribution in [0.15, 0.2) is 54.9 Å². The quantitative estimate of drug-likeness (QED) is 0.408. The average Bonchev–Trinajstić information content (AvgIpc) is 2.82. The van der Waals surface area contributed by atoms with Crippen LogP contribution in [0, 0.1) is 5.41 Å². The number of aliphatic hydroxyl groups is 1. The summed E-state index contributed by atoms with van der Waals surface area (Å²) in [6.45, 7) is 9.89. The number of aryl methyl sites for hydroxylation is 1. The molecule has 2 N–H and O–H groups in total. The molecule has 1 aliphatic carbocycles. The summed E-state index contributed by atoms with van der Waals surface area (Å²) >= 11 is 6.21. The van der Waals surface area contributed by atoms with Gasteiger partial charge in [0, 0.05) is 28.9 Å². The van der Waals surface area contributed by atoms with Crippen LogP contribution in [-0.4, -0.2) is 22.6 Å². The van der Waals surface area contributed by atoms with Gasteiger partial charge in [-0.05, 0) is 73.4 Å². The fraction of sp³-hybridized carbons (Fsp3) is 0.500. The molecule has 1 saturated carbocycles. The van der Waals surface area contributed by atoms with E-state index in [1.165, 1.54) is 32.1 Å². The first-order chi connectivity index (χ1) is 15.9. The molecule has 1 saturated heterocycles. The second-order valence-electron chi connectivity index (χ2n) is 9.83. The van der Waals surface area contributed by atoms with Gasteiger partial charge < -0.3 is 15.2 Å². The van der Waals surface area contributed by atoms with Crippen LogP contribution in [0.25, 0.3) is 0 Å². The van der Waals surface area contributed by atoms with Gasteiger partial charge in [-0.2, -0.15) is 0 Å². The van der Waals surface area contributed by atoms with E-state index >= 15 is 0 Å². The molecule has 1 aliphatic heterocycles. The number of halogens is 1. The van der Waals surface area contributed by atoms with E-state index in [4.69, 9.17) is 16.3 Å². The highest BCUT2D eigenvalue weighted by molar-refractivity contribution is 6.31. The summed E-state index contributed by atoms with van der Waals surface area (Å²) in [6, 6.07) is 14.3. The molecule has 5 heteroatoms. The fourth-order valence-electron chi connectivity index (χ4n) is 5.75. The largest absolute Gasteiger partial charge is 0.475 e. The van der Waals surface area contributed by atoms with Gasteiger partial charge in [-0.15, -0.1) is 0 Å². The molecule has 0 spiro atoms. The molecule has 2 aromatic rings. The van der Waals surface area contributed by atoms with Crippen molar-refractivity contribution in [2.75, 3.05) is 11.9 Å². The van der Waals surface area contributed by atoms with Crippen LogP contribution < -0.4 is 5.32 Å². The number of nitrogens with one attached hydrogen (secondary N) is 1. The van der Waals surface area contributed by atoms with Crippen LogP contribution in [0.5, 0.6) is 0 Å². The van der Waals surface area contributed by atoms with Crippen molar-refractivity contribution in [1.29, 1.82) is 0 Å². The molecule has 0 bridgehead atoms. The van der Waals surface area contributed by atoms with E-state index in [0.29, 0.717) is 29.0 Å². The molecule has 1 heterocycles. The Balaban J connectivity index is 1.44. The number of piperidine rings is 1. The van der Waals surface area contributed by atoms with Crippen LogP contribution >= 0.6 is 11.6 Å². The lowest BCUT2D eigenvalue weighted by Gasteiger charge is -2.52. The molecule has 4 rings (SSSR count). The van der Waals surface area contributed by atoms with Gasteiger partial charge in [0.25, 0.3) is 0 Å². The Kier molecular flexibility index (Phi) is 7.68. The van der Waals surface area contributed by atoms with Crippen molar-refractivity contribution in [2.24, 2.45) is 5.41 Å². The number of rotatable bonds is 8. The molecule has 3 atom stereocenters. The predicted molar refractivity (Wildman–Crippen MR) is 136 cm³/mol. The zero-order chi connectivity index (χ0) is 23.4. The molecule has 4 nitrogen and oxygen atoms in total. The van der Waals surface area contributed by atoms with E-state index in [-0.39, 0.29) is 0 Å². The van der Waals surface area contributed by atoms with Crippen molar-refractivity contribution in [3.8, 4) is 0 Å². The van der Waals surface area contributed by atoms with Crippen LogP contribution in [0.2, 0.25) is 5.02 Å². The summed E-state index contributed by atoms with van der Waals surface area (Å²) in [4.78, 5) is 2.37. The minimum absolute atomic E-state index is 0.335. The smallest absolute Gasteiger partial charge is 0.184 e. The molecule has 2 aliphatic rings. The molecular weight excluding hydrogens is 432 g/mol. The Labute approximate surface area is 203 Å². The Morgan fingerprint density at radius 1 is 1.21 bits per heavy atom. The maximum absolute atomic E-state index is 11.5. The highest BCUT2D eigenvalue weighted by Gasteiger charge is 2.44. The number of nitrogens with zero attached hydrogens (tertiary/aromatic N) is 1. The van der Waals surface area contributed by atoms with Crippen LogP contribution in [0.1, 0.15) is 75.3 Å². The number of aliphatic hydroxyl groups excluding tert-OH is 1. The SMILES string of the molecule is C=C(Nc1ccc(C(O)N2CCCC3(C)CCCCC23)c(CC)c1)OCc1ccccc1Cl. The third-order valence-corrected chi connectivity index (χ3v) is 7.97. The number of benzene rings is 2. The summed E-state index contributed by atoms with van der Waals surface area (Å²) < 4.78 is 5.78. The molecule has 2 fully saturated rings. The topological polar surface area (TPSA) is 44.7 Å². The first kappa shape index (κ1) is 24.1. The zero-order valence-corrected chi connectivity index (χ0v) is 20.7. The molecule has 33 heavy (non-hydrogen) atoms. The van der Waals surface area contributed by atoms with Gasteiger partial charge >= 0.3 is 0 Å². The van der Waals surface area contributed by atoms with E-state index < -0.39 is 6.23 Å². The van der Waals surface area contributed by atoms with Gasteiger partial charge in [-0.1, -0.05) is 62.6 Å². The van der Waals surface area contributed by atoms with E-state index in [0.717, 1.165) is 41.8 Å². The van der Waals surface area contributed by atoms with Crippen molar-refractivity contribution in [2.45, 2.75) is 77.7 Å². The zero-order valence-electron chi connectivity index (χ0n) is 19.9. The number of fused-ring (bicyclic) bond motifs is 1. The minimum Gasteiger partial charge on any atom is -0.475 e. The van der Waals surface area contributed by atoms with Crippen LogP contribution in [0.3, 0.4) is 0 Å². The molecular formula is C28H37ClN2O2. The van der Waals surface area contributed by atoms with Crippen molar-refractivity contribution in [1.82, 2.24) is 4.90 Å². The van der Waals surface area contributed by atoms with Crippen LogP contribution in [0.4, 0.5) is 5.69 Å². The summed E-state index contributed by atoms with van der Waals surface area (Å²) in [5, 5.41) is 15.4. The lowest BCUT2D eigenvalue weighted by atomic mass is 9.66. The maximum atomic E-state index is 11.5. The molecule has 0 aromatic heterocycles. The van der Waals surface area contributed by atoms with Crippen molar-refractivity contribution < 1.29 is 9.84 Å². The van der Waals surface area contributed by atoms with E-state index in [2.05, 4.69) is 42.8 Å². The highest BCUT2D eigenvalue weighted by atomic mass is 35.5. The van der Waals surface area contributed by atoms with Gasteiger partial charge in [-0.3, -0.25) is 4.90 Å². The lowest BCUT2D eigenvalue weighted by Crippen LogP contribution is -2.53. The van der Waals surface area contributed by atoms with Crippen molar-refractivity contribution >= 4 is 17.3 Å². The van der Waals surface area contributed by atoms with E-state index in [9.17, 15) is 5.11 Å². The average molecular weight is 469 g/mol. The first-order valence-electron chi connectivity index (χ1n) is 12.3. The Bertz CT molecular complexity index is 974. The Morgan fingerprint density at radius 3 is 2.79 bits per heavy atom. The monoisotopic (exact) mass is 468 g/mol. The number of ether oxygens (including phenoxy) is 1. The van der Waals surface area contributed by atoms with Crippen LogP contribution in [-0.2, 0) is 17.8 Å². The fourth-order valence-corrected chi connectivity index (χ4v) is 5.94. The van der Waals surface area contributed by atoms with Gasteiger partial charge in [0.1, 0.15) is 12.8 Å². The van der Waals surface area contributed by atoms with Gasteiger partial charge in [-0.25, -0.2) is 0 Å². The third-order valence-electron chi connectivity index (χ3n) is 7.60. The van der Waals surface area contributed by atoms with Crippen molar-refractivity contribution in [3.63, 3.8) is 0 Å². The number of anilines is 1. The molecule has 3 unspecified atom stereocenters. The minimum atomic E-state index is -0.559. The van der Waals surface area contributed by atoms with Crippen molar-refractivity contribution in [3.05, 3.63) is 76.6 Å². The molecule has 0 radical (unpaired) electrons. The third kappa shape index (κ3) is 5.40. The standard InChI is InChI=1S/C28H37ClN2O2/c1-4-21-18-23(30-20(2)33-19-22-10-5-6-11-25(22)29)13-14-24(21)27(32)31-17-9-16-28(3)15-8-7-12-26(28)31/h5-6,10-11,13-14,18,26-27,30,32H,2,4,7-9,12,15-17,19H2,1,3H3. The first-order valence-corrected chi connectivity index (χ1v) is 12.7. The normalized spacial score (nSPS) is 24.1. The van der Waals surface area contributed by atoms with E-state index in [1.54, 1.807) is 0 Å². The Hall–Kier alpha value is -2.01. The molecule has 178 valence electrons. The summed E-state index contributed by atoms with van der Waals surface area (Å²) in [5.41, 5.74) is 4.33. The lowest BCUT2D eigenvalue weighted by molar-refractivity contribution is -0.104. The maximum Gasteiger partial charge on any atom is 0.184 e. The number of likely N-dealkylation sites (tertiary alicyclic amines) is 1. The Morgan fingerprint density at radius 2 is 2.00 bits per heavy atom. The number of hydrogen-bond donors (Lipinski definition) is 2. The summed E-state index contributed by atoms with van der Waals surface area (Å²) in [5.74, 6) is 0.472. The van der Waals surface area contributed by atoms with Gasteiger partial charge in [0.05, 0.1) is 0 Å². The van der Waals surface area contributed by atoms with E-state index in [1.807, 2.05) is 30.3 Å². The molecule has 0 amide bonds. The highest BCUT2D eigenvalue weighted by Crippen LogP contribution is 2.47. The van der Waals surface area contributed by atoms with Gasteiger partial charge in [0.15, 0.2) is 5.88 Å². The number of hydrogen-bond acceptors (Lipinski definition) is 4. The second-order valence-corrected chi connectivity index (χ2v) is 10.2. The summed E-state index contributed by atoms with van der Waals surface area (Å²) in [7, 11) is 0. The second kappa shape index (κ2) is 10.5. The van der Waals surface area contributed by atoms with Gasteiger partial charge in [0.2, 0.25) is 0 Å². The molecule has 2 aromatic carbocycles. The summed E-state index contributed by atoms with van der Waals surface area (Å²) in [6.07, 6.45) is 7.79. The predicted octanol–water partition coefficient (Wildman–Crippen LogP) is 7.04.